The van der Waals surface area contributed by atoms with Crippen molar-refractivity contribution in [2.24, 2.45) is 11.8 Å². The fraction of sp³-hybridized carbons (Fsp3) is 0.800. The van der Waals surface area contributed by atoms with E-state index in [9.17, 15) is 0 Å². The molecule has 0 spiro atoms. The van der Waals surface area contributed by atoms with E-state index < -0.39 is 16.1 Å². The molecule has 23 heavy (non-hydrogen) atoms. The third-order valence-corrected chi connectivity index (χ3v) is 8.74. The van der Waals surface area contributed by atoms with Crippen LogP contribution in [0.25, 0.3) is 0 Å². The van der Waals surface area contributed by atoms with E-state index in [1.54, 1.807) is 11.1 Å². The van der Waals surface area contributed by atoms with Crippen molar-refractivity contribution in [1.82, 2.24) is 0 Å². The van der Waals surface area contributed by atoms with E-state index in [1.165, 1.54) is 30.7 Å². The Balaban J connectivity index is 2.39. The molecule has 2 rings (SSSR count). The summed E-state index contributed by atoms with van der Waals surface area (Å²) >= 11 is 0. The first-order valence-corrected chi connectivity index (χ1v) is 16.6. The van der Waals surface area contributed by atoms with Crippen LogP contribution in [-0.4, -0.2) is 21.7 Å². The zero-order chi connectivity index (χ0) is 17.6. The summed E-state index contributed by atoms with van der Waals surface area (Å²) in [5.41, 5.74) is 3.38. The number of fused-ring (bicyclic) bond motifs is 1. The van der Waals surface area contributed by atoms with Gasteiger partial charge in [-0.25, -0.2) is 0 Å². The van der Waals surface area contributed by atoms with Crippen molar-refractivity contribution in [3.8, 4) is 0 Å². The van der Waals surface area contributed by atoms with Crippen LogP contribution in [0.2, 0.25) is 45.3 Å². The largest absolute Gasteiger partial charge is 0.497 e. The fourth-order valence-electron chi connectivity index (χ4n) is 4.35. The Hall–Kier alpha value is -0.286. The molecule has 0 saturated heterocycles. The van der Waals surface area contributed by atoms with Crippen LogP contribution in [0.3, 0.4) is 0 Å². The maximum atomic E-state index is 6.62. The van der Waals surface area contributed by atoms with Crippen molar-refractivity contribution in [2.45, 2.75) is 91.0 Å². The van der Waals surface area contributed by atoms with Gasteiger partial charge in [0.15, 0.2) is 0 Å². The van der Waals surface area contributed by atoms with Crippen molar-refractivity contribution in [1.29, 1.82) is 0 Å². The van der Waals surface area contributed by atoms with Gasteiger partial charge >= 0.3 is 0 Å². The first-order chi connectivity index (χ1) is 10.3. The molecule has 0 bridgehead atoms. The molecular weight excluding hydrogens is 312 g/mol. The molecule has 0 aromatic rings. The van der Waals surface area contributed by atoms with E-state index in [2.05, 4.69) is 66.1 Å². The molecule has 2 aliphatic rings. The quantitative estimate of drug-likeness (QED) is 0.408. The molecule has 0 aromatic carbocycles. The molecule has 3 atom stereocenters. The third-order valence-electron chi connectivity index (χ3n) is 5.55. The third kappa shape index (κ3) is 4.22. The second-order valence-electron chi connectivity index (χ2n) is 10.5. The molecule has 1 aliphatic carbocycles. The van der Waals surface area contributed by atoms with Crippen LogP contribution in [0, 0.1) is 11.8 Å². The molecular formula is C20H38OSi2. The average molecular weight is 351 g/mol. The Morgan fingerprint density at radius 3 is 2.26 bits per heavy atom. The van der Waals surface area contributed by atoms with Gasteiger partial charge in [-0.1, -0.05) is 50.4 Å². The summed E-state index contributed by atoms with van der Waals surface area (Å²) in [4.78, 5) is 0. The summed E-state index contributed by atoms with van der Waals surface area (Å²) in [5.74, 6) is 1.30. The monoisotopic (exact) mass is 350 g/mol. The van der Waals surface area contributed by atoms with Gasteiger partial charge in [-0.15, -0.1) is 0 Å². The van der Waals surface area contributed by atoms with Crippen molar-refractivity contribution in [3.63, 3.8) is 0 Å². The summed E-state index contributed by atoms with van der Waals surface area (Å²) < 4.78 is 6.62. The van der Waals surface area contributed by atoms with Gasteiger partial charge in [-0.05, 0) is 58.1 Å². The van der Waals surface area contributed by atoms with E-state index in [0.29, 0.717) is 11.8 Å². The zero-order valence-corrected chi connectivity index (χ0v) is 19.0. The Kier molecular flexibility index (Phi) is 5.15. The lowest BCUT2D eigenvalue weighted by Gasteiger charge is -2.43. The molecule has 3 heteroatoms. The highest BCUT2D eigenvalue weighted by Gasteiger charge is 2.50. The Labute approximate surface area is 146 Å². The Bertz CT molecular complexity index is 515. The van der Waals surface area contributed by atoms with Gasteiger partial charge in [0.1, 0.15) is 13.7 Å². The van der Waals surface area contributed by atoms with Crippen LogP contribution in [0.15, 0.2) is 22.6 Å². The predicted molar refractivity (Wildman–Crippen MR) is 108 cm³/mol. The lowest BCUT2D eigenvalue weighted by molar-refractivity contribution is -0.0246. The Morgan fingerprint density at radius 2 is 1.78 bits per heavy atom. The lowest BCUT2D eigenvalue weighted by atomic mass is 9.67. The molecule has 1 nitrogen and oxygen atoms in total. The number of hydrogen-bond donors (Lipinski definition) is 0. The zero-order valence-electron chi connectivity index (χ0n) is 17.0. The molecule has 0 aromatic heterocycles. The van der Waals surface area contributed by atoms with E-state index >= 15 is 0 Å². The first-order valence-electron chi connectivity index (χ1n) is 9.41. The van der Waals surface area contributed by atoms with Crippen molar-refractivity contribution in [3.05, 3.63) is 22.6 Å². The van der Waals surface area contributed by atoms with Gasteiger partial charge in [0.05, 0.1) is 5.38 Å². The molecule has 132 valence electrons. The summed E-state index contributed by atoms with van der Waals surface area (Å²) in [5, 5.41) is 1.36. The van der Waals surface area contributed by atoms with Crippen molar-refractivity contribution in [2.75, 3.05) is 0 Å². The Morgan fingerprint density at radius 1 is 1.17 bits per heavy atom. The van der Waals surface area contributed by atoms with Gasteiger partial charge in [0.25, 0.3) is 0 Å². The number of hydrogen-bond acceptors (Lipinski definition) is 1. The summed E-state index contributed by atoms with van der Waals surface area (Å²) in [6, 6.07) is 1.35. The predicted octanol–water partition coefficient (Wildman–Crippen LogP) is 6.63. The standard InChI is InChI=1S/C20H38OSi2/c1-15(2)17(14-22(4,5)6)16-11-10-12-20(3)18(16)13-19(21-20)23(7,8)9/h13,16,18H,10-12,14H2,1-9H3/t16-,18-,20+/m0/s1. The number of rotatable bonds is 4. The second-order valence-corrected chi connectivity index (χ2v) is 21.0. The highest BCUT2D eigenvalue weighted by atomic mass is 28.3. The topological polar surface area (TPSA) is 9.23 Å². The molecule has 1 aliphatic heterocycles. The van der Waals surface area contributed by atoms with Crippen LogP contribution in [0.1, 0.15) is 40.0 Å². The second kappa shape index (κ2) is 6.22. The maximum Gasteiger partial charge on any atom is 0.122 e. The van der Waals surface area contributed by atoms with Gasteiger partial charge in [0, 0.05) is 14.0 Å². The van der Waals surface area contributed by atoms with Crippen molar-refractivity contribution >= 4 is 16.1 Å². The molecule has 1 saturated carbocycles. The van der Waals surface area contributed by atoms with Gasteiger partial charge in [0.2, 0.25) is 0 Å². The van der Waals surface area contributed by atoms with E-state index in [4.69, 9.17) is 4.74 Å². The fourth-order valence-corrected chi connectivity index (χ4v) is 7.33. The van der Waals surface area contributed by atoms with Gasteiger partial charge in [-0.3, -0.25) is 0 Å². The molecule has 0 N–H and O–H groups in total. The summed E-state index contributed by atoms with van der Waals surface area (Å²) in [6.07, 6.45) is 6.45. The first kappa shape index (κ1) is 19.0. The van der Waals surface area contributed by atoms with Crippen LogP contribution < -0.4 is 0 Å². The van der Waals surface area contributed by atoms with Crippen LogP contribution >= 0.6 is 0 Å². The maximum absolute atomic E-state index is 6.62. The molecule has 1 heterocycles. The van der Waals surface area contributed by atoms with Crippen LogP contribution in [0.4, 0.5) is 0 Å². The van der Waals surface area contributed by atoms with Crippen LogP contribution in [-0.2, 0) is 4.74 Å². The highest BCUT2D eigenvalue weighted by Crippen LogP contribution is 2.52. The molecule has 0 amide bonds. The minimum Gasteiger partial charge on any atom is -0.497 e. The summed E-state index contributed by atoms with van der Waals surface area (Å²) in [6.45, 7) is 21.8. The van der Waals surface area contributed by atoms with E-state index in [1.807, 2.05) is 0 Å². The lowest BCUT2D eigenvalue weighted by Crippen LogP contribution is -2.42. The SMILES string of the molecule is CC(C)=C(C[Si](C)(C)C)[C@@H]1CCC[C@@]2(C)OC([Si](C)(C)C)=C[C@@H]12. The number of allylic oxidation sites excluding steroid dienone is 2. The minimum absolute atomic E-state index is 0.0542. The highest BCUT2D eigenvalue weighted by molar-refractivity contribution is 6.82. The van der Waals surface area contributed by atoms with Gasteiger partial charge in [-0.2, -0.15) is 0 Å². The van der Waals surface area contributed by atoms with E-state index in [0.717, 1.165) is 0 Å². The normalized spacial score (nSPS) is 31.3. The molecule has 0 radical (unpaired) electrons. The average Bonchev–Trinajstić information content (AvgIpc) is 2.71. The van der Waals surface area contributed by atoms with Gasteiger partial charge < -0.3 is 4.74 Å². The van der Waals surface area contributed by atoms with Crippen molar-refractivity contribution < 1.29 is 4.74 Å². The number of ether oxygens (including phenoxy) is 1. The molecule has 0 unspecified atom stereocenters. The minimum atomic E-state index is -1.37. The molecule has 1 fully saturated rings. The van der Waals surface area contributed by atoms with Crippen LogP contribution in [0.5, 0.6) is 0 Å². The van der Waals surface area contributed by atoms with E-state index in [-0.39, 0.29) is 5.60 Å². The summed E-state index contributed by atoms with van der Waals surface area (Å²) in [7, 11) is -2.47. The smallest absolute Gasteiger partial charge is 0.122 e.